The Morgan fingerprint density at radius 1 is 0.963 bits per heavy atom. The molecule has 0 fully saturated rings. The average molecular weight is 380 g/mol. The summed E-state index contributed by atoms with van der Waals surface area (Å²) in [7, 11) is 0. The second-order valence-electron chi connectivity index (χ2n) is 5.91. The van der Waals surface area contributed by atoms with E-state index in [1.165, 1.54) is 0 Å². The highest BCUT2D eigenvalue weighted by molar-refractivity contribution is 6.31. The van der Waals surface area contributed by atoms with Crippen molar-refractivity contribution in [1.29, 1.82) is 0 Å². The van der Waals surface area contributed by atoms with E-state index in [-0.39, 0.29) is 18.2 Å². The smallest absolute Gasteiger partial charge is 0.253 e. The van der Waals surface area contributed by atoms with Gasteiger partial charge >= 0.3 is 0 Å². The number of para-hydroxylation sites is 1. The first kappa shape index (κ1) is 18.6. The molecule has 1 aromatic heterocycles. The summed E-state index contributed by atoms with van der Waals surface area (Å²) < 4.78 is 0. The highest BCUT2D eigenvalue weighted by Gasteiger charge is 2.14. The van der Waals surface area contributed by atoms with E-state index in [0.29, 0.717) is 22.8 Å². The number of anilines is 1. The highest BCUT2D eigenvalue weighted by atomic mass is 35.5. The number of rotatable bonds is 6. The first-order valence-electron chi connectivity index (χ1n) is 8.43. The average Bonchev–Trinajstić information content (AvgIpc) is 2.69. The zero-order valence-electron chi connectivity index (χ0n) is 14.5. The molecule has 6 heteroatoms. The van der Waals surface area contributed by atoms with Gasteiger partial charge in [-0.25, -0.2) is 0 Å². The molecule has 0 unspecified atom stereocenters. The first-order chi connectivity index (χ1) is 13.1. The zero-order chi connectivity index (χ0) is 19.1. The third-order valence-electron chi connectivity index (χ3n) is 3.93. The first-order valence-corrected chi connectivity index (χ1v) is 8.80. The minimum Gasteiger partial charge on any atom is -0.348 e. The van der Waals surface area contributed by atoms with E-state index in [1.54, 1.807) is 48.8 Å². The summed E-state index contributed by atoms with van der Waals surface area (Å²) in [6.07, 6.45) is 3.50. The summed E-state index contributed by atoms with van der Waals surface area (Å²) in [6, 6.07) is 17.8. The Morgan fingerprint density at radius 2 is 1.74 bits per heavy atom. The zero-order valence-corrected chi connectivity index (χ0v) is 15.2. The van der Waals surface area contributed by atoms with Gasteiger partial charge in [-0.3, -0.25) is 14.6 Å². The molecule has 1 heterocycles. The van der Waals surface area contributed by atoms with Crippen molar-refractivity contribution in [2.24, 2.45) is 0 Å². The third-order valence-corrected chi connectivity index (χ3v) is 4.30. The van der Waals surface area contributed by atoms with Crippen LogP contribution in [0.15, 0.2) is 73.1 Å². The molecule has 0 saturated carbocycles. The summed E-state index contributed by atoms with van der Waals surface area (Å²) in [5.74, 6) is -0.511. The normalized spacial score (nSPS) is 10.3. The summed E-state index contributed by atoms with van der Waals surface area (Å²) in [5.41, 5.74) is 2.48. The van der Waals surface area contributed by atoms with E-state index in [2.05, 4.69) is 15.6 Å². The van der Waals surface area contributed by atoms with Crippen molar-refractivity contribution in [2.45, 2.75) is 13.0 Å². The topological polar surface area (TPSA) is 71.1 Å². The molecule has 2 amide bonds. The molecule has 27 heavy (non-hydrogen) atoms. The summed E-state index contributed by atoms with van der Waals surface area (Å²) in [5, 5.41) is 6.17. The largest absolute Gasteiger partial charge is 0.348 e. The van der Waals surface area contributed by atoms with Crippen molar-refractivity contribution in [3.8, 4) is 0 Å². The molecule has 136 valence electrons. The lowest BCUT2D eigenvalue weighted by molar-refractivity contribution is -0.115. The van der Waals surface area contributed by atoms with Gasteiger partial charge in [0.2, 0.25) is 5.91 Å². The summed E-state index contributed by atoms with van der Waals surface area (Å²) in [6.45, 7) is 0.356. The van der Waals surface area contributed by atoms with Crippen LogP contribution in [0, 0.1) is 0 Å². The lowest BCUT2D eigenvalue weighted by Gasteiger charge is -2.12. The molecule has 0 aliphatic rings. The predicted molar refractivity (Wildman–Crippen MR) is 106 cm³/mol. The number of carbonyl (C=O) groups excluding carboxylic acids is 2. The predicted octanol–water partition coefficient (Wildman–Crippen LogP) is 3.85. The molecule has 0 atom stereocenters. The number of nitrogens with zero attached hydrogens (tertiary/aromatic N) is 1. The van der Waals surface area contributed by atoms with Gasteiger partial charge in [0.25, 0.3) is 5.91 Å². The van der Waals surface area contributed by atoms with Crippen LogP contribution in [0.25, 0.3) is 0 Å². The number of hydrogen-bond acceptors (Lipinski definition) is 3. The monoisotopic (exact) mass is 379 g/mol. The Hall–Kier alpha value is -3.18. The van der Waals surface area contributed by atoms with Gasteiger partial charge in [-0.1, -0.05) is 48.0 Å². The van der Waals surface area contributed by atoms with Crippen molar-refractivity contribution in [1.82, 2.24) is 10.3 Å². The van der Waals surface area contributed by atoms with E-state index < -0.39 is 0 Å². The molecule has 0 saturated heterocycles. The molecule has 2 aromatic carbocycles. The Morgan fingerprint density at radius 3 is 2.52 bits per heavy atom. The maximum absolute atomic E-state index is 12.5. The number of carbonyl (C=O) groups is 2. The lowest BCUT2D eigenvalue weighted by Crippen LogP contribution is -2.25. The van der Waals surface area contributed by atoms with Gasteiger partial charge in [-0.05, 0) is 35.4 Å². The van der Waals surface area contributed by atoms with Crippen molar-refractivity contribution in [2.75, 3.05) is 5.32 Å². The number of halogens is 1. The highest BCUT2D eigenvalue weighted by Crippen LogP contribution is 2.18. The number of benzene rings is 2. The lowest BCUT2D eigenvalue weighted by atomic mass is 10.1. The maximum atomic E-state index is 12.5. The number of nitrogens with one attached hydrogen (secondary N) is 2. The number of aromatic nitrogens is 1. The van der Waals surface area contributed by atoms with Crippen LogP contribution < -0.4 is 10.6 Å². The molecular formula is C21H18ClN3O2. The van der Waals surface area contributed by atoms with Crippen LogP contribution in [0.2, 0.25) is 5.02 Å². The molecule has 2 N–H and O–H groups in total. The van der Waals surface area contributed by atoms with Crippen LogP contribution in [0.3, 0.4) is 0 Å². The van der Waals surface area contributed by atoms with Crippen LogP contribution in [0.5, 0.6) is 0 Å². The fourth-order valence-corrected chi connectivity index (χ4v) is 2.78. The molecule has 0 spiro atoms. The SMILES string of the molecule is O=C(Cc1ccccc1Cl)Nc1ccccc1C(=O)NCc1cccnc1. The van der Waals surface area contributed by atoms with Crippen LogP contribution in [0.4, 0.5) is 5.69 Å². The van der Waals surface area contributed by atoms with Crippen molar-refractivity contribution in [3.63, 3.8) is 0 Å². The third kappa shape index (κ3) is 5.15. The molecule has 3 rings (SSSR count). The molecule has 0 radical (unpaired) electrons. The molecule has 0 aliphatic heterocycles. The van der Waals surface area contributed by atoms with Crippen LogP contribution >= 0.6 is 11.6 Å². The number of hydrogen-bond donors (Lipinski definition) is 2. The molecule has 3 aromatic rings. The van der Waals surface area contributed by atoms with Gasteiger partial charge in [-0.2, -0.15) is 0 Å². The van der Waals surface area contributed by atoms with Gasteiger partial charge in [0.05, 0.1) is 17.7 Å². The van der Waals surface area contributed by atoms with Crippen molar-refractivity contribution >= 4 is 29.1 Å². The van der Waals surface area contributed by atoms with E-state index in [1.807, 2.05) is 24.3 Å². The van der Waals surface area contributed by atoms with Gasteiger partial charge in [0.15, 0.2) is 0 Å². The minimum absolute atomic E-state index is 0.130. The fourth-order valence-electron chi connectivity index (χ4n) is 2.58. The van der Waals surface area contributed by atoms with Crippen LogP contribution in [-0.2, 0) is 17.8 Å². The fraction of sp³-hybridized carbons (Fsp3) is 0.0952. The van der Waals surface area contributed by atoms with Gasteiger partial charge < -0.3 is 10.6 Å². The molecule has 5 nitrogen and oxygen atoms in total. The molecule has 0 aliphatic carbocycles. The molecular weight excluding hydrogens is 362 g/mol. The summed E-state index contributed by atoms with van der Waals surface area (Å²) in [4.78, 5) is 28.9. The standard InChI is InChI=1S/C21H18ClN3O2/c22-18-9-3-1-7-16(18)12-20(26)25-19-10-4-2-8-17(19)21(27)24-14-15-6-5-11-23-13-15/h1-11,13H,12,14H2,(H,24,27)(H,25,26). The van der Waals surface area contributed by atoms with Crippen molar-refractivity contribution < 1.29 is 9.59 Å². The second-order valence-corrected chi connectivity index (χ2v) is 6.31. The number of amides is 2. The molecule has 0 bridgehead atoms. The van der Waals surface area contributed by atoms with Crippen LogP contribution in [0.1, 0.15) is 21.5 Å². The minimum atomic E-state index is -0.271. The van der Waals surface area contributed by atoms with E-state index in [4.69, 9.17) is 11.6 Å². The van der Waals surface area contributed by atoms with Crippen LogP contribution in [-0.4, -0.2) is 16.8 Å². The van der Waals surface area contributed by atoms with E-state index in [9.17, 15) is 9.59 Å². The van der Waals surface area contributed by atoms with E-state index in [0.717, 1.165) is 11.1 Å². The Labute approximate surface area is 162 Å². The maximum Gasteiger partial charge on any atom is 0.253 e. The Balaban J connectivity index is 1.67. The Kier molecular flexibility index (Phi) is 6.18. The second kappa shape index (κ2) is 8.96. The van der Waals surface area contributed by atoms with Gasteiger partial charge in [0, 0.05) is 24.0 Å². The van der Waals surface area contributed by atoms with E-state index >= 15 is 0 Å². The quantitative estimate of drug-likeness (QED) is 0.683. The van der Waals surface area contributed by atoms with Gasteiger partial charge in [-0.15, -0.1) is 0 Å². The Bertz CT molecular complexity index is 945. The van der Waals surface area contributed by atoms with Gasteiger partial charge in [0.1, 0.15) is 0 Å². The summed E-state index contributed by atoms with van der Waals surface area (Å²) >= 11 is 6.10. The van der Waals surface area contributed by atoms with Crippen molar-refractivity contribution in [3.05, 3.63) is 94.8 Å². The number of pyridine rings is 1.